The number of rotatable bonds is 7. The highest BCUT2D eigenvalue weighted by Gasteiger charge is 2.33. The van der Waals surface area contributed by atoms with E-state index in [9.17, 15) is 23.6 Å². The van der Waals surface area contributed by atoms with Crippen LogP contribution in [0.25, 0.3) is 0 Å². The van der Waals surface area contributed by atoms with Gasteiger partial charge in [0.1, 0.15) is 11.9 Å². The van der Waals surface area contributed by atoms with E-state index >= 15 is 0 Å². The molecule has 4 rings (SSSR count). The number of carbonyl (C=O) groups excluding carboxylic acids is 4. The van der Waals surface area contributed by atoms with E-state index in [2.05, 4.69) is 15.6 Å². The summed E-state index contributed by atoms with van der Waals surface area (Å²) in [5, 5.41) is 5.21. The third kappa shape index (κ3) is 5.88. The quantitative estimate of drug-likeness (QED) is 0.578. The summed E-state index contributed by atoms with van der Waals surface area (Å²) in [6.07, 6.45) is 1.90. The van der Waals surface area contributed by atoms with Gasteiger partial charge in [-0.3, -0.25) is 24.3 Å². The van der Waals surface area contributed by atoms with Crippen LogP contribution in [0.1, 0.15) is 17.3 Å². The number of nitrogens with zero attached hydrogens (tertiary/aromatic N) is 4. The number of hydrogen-bond acceptors (Lipinski definition) is 7. The van der Waals surface area contributed by atoms with Crippen LogP contribution < -0.4 is 20.4 Å². The molecule has 2 N–H and O–H groups in total. The van der Waals surface area contributed by atoms with Crippen molar-refractivity contribution >= 4 is 35.2 Å². The molecule has 11 nitrogen and oxygen atoms in total. The Bertz CT molecular complexity index is 1140. The maximum atomic E-state index is 15.0. The predicted molar refractivity (Wildman–Crippen MR) is 128 cm³/mol. The van der Waals surface area contributed by atoms with Crippen LogP contribution >= 0.6 is 0 Å². The second-order valence-electron chi connectivity index (χ2n) is 8.48. The van der Waals surface area contributed by atoms with Crippen molar-refractivity contribution in [1.82, 2.24) is 20.5 Å². The molecule has 2 saturated heterocycles. The van der Waals surface area contributed by atoms with Gasteiger partial charge in [0.25, 0.3) is 5.91 Å². The molecule has 2 fully saturated rings. The van der Waals surface area contributed by atoms with E-state index in [1.54, 1.807) is 29.2 Å². The molecule has 1 aromatic carbocycles. The molecule has 3 heterocycles. The SMILES string of the molecule is CC(=O)NC[C@H]1CN(c2ccc(N3CCN(C(=O)CNC(=O)c4ccncc4)CC3)c(F)c2)C(=O)O1. The zero-order valence-electron chi connectivity index (χ0n) is 19.8. The number of benzene rings is 1. The Morgan fingerprint density at radius 2 is 1.81 bits per heavy atom. The molecule has 0 bridgehead atoms. The summed E-state index contributed by atoms with van der Waals surface area (Å²) in [5.41, 5.74) is 1.16. The van der Waals surface area contributed by atoms with Crippen molar-refractivity contribution in [2.24, 2.45) is 0 Å². The molecule has 2 aliphatic rings. The van der Waals surface area contributed by atoms with Gasteiger partial charge in [0.15, 0.2) is 0 Å². The van der Waals surface area contributed by atoms with Crippen molar-refractivity contribution in [2.45, 2.75) is 13.0 Å². The van der Waals surface area contributed by atoms with E-state index in [1.807, 2.05) is 4.90 Å². The van der Waals surface area contributed by atoms with Gasteiger partial charge < -0.3 is 25.2 Å². The fourth-order valence-electron chi connectivity index (χ4n) is 4.09. The molecule has 2 aliphatic heterocycles. The van der Waals surface area contributed by atoms with Crippen molar-refractivity contribution in [3.63, 3.8) is 0 Å². The molecular weight excluding hydrogens is 471 g/mol. The van der Waals surface area contributed by atoms with Crippen molar-refractivity contribution in [3.8, 4) is 0 Å². The number of aromatic nitrogens is 1. The lowest BCUT2D eigenvalue weighted by Gasteiger charge is -2.36. The van der Waals surface area contributed by atoms with Gasteiger partial charge in [0.05, 0.1) is 31.0 Å². The smallest absolute Gasteiger partial charge is 0.414 e. The van der Waals surface area contributed by atoms with Gasteiger partial charge in [-0.05, 0) is 30.3 Å². The monoisotopic (exact) mass is 498 g/mol. The highest BCUT2D eigenvalue weighted by atomic mass is 19.1. The normalized spacial score (nSPS) is 17.6. The highest BCUT2D eigenvalue weighted by Crippen LogP contribution is 2.28. The first-order valence-corrected chi connectivity index (χ1v) is 11.5. The molecule has 12 heteroatoms. The van der Waals surface area contributed by atoms with E-state index in [1.165, 1.54) is 30.3 Å². The Balaban J connectivity index is 1.28. The number of cyclic esters (lactones) is 1. The Hall–Kier alpha value is -4.22. The van der Waals surface area contributed by atoms with Crippen LogP contribution in [0.15, 0.2) is 42.7 Å². The minimum atomic E-state index is -0.597. The number of anilines is 2. The van der Waals surface area contributed by atoms with E-state index < -0.39 is 18.0 Å². The number of ether oxygens (including phenoxy) is 1. The van der Waals surface area contributed by atoms with E-state index in [0.717, 1.165) is 0 Å². The van der Waals surface area contributed by atoms with Gasteiger partial charge in [0, 0.05) is 51.1 Å². The first kappa shape index (κ1) is 24.9. The first-order valence-electron chi connectivity index (χ1n) is 11.5. The summed E-state index contributed by atoms with van der Waals surface area (Å²) in [4.78, 5) is 56.6. The summed E-state index contributed by atoms with van der Waals surface area (Å²) < 4.78 is 20.2. The Labute approximate surface area is 207 Å². The third-order valence-corrected chi connectivity index (χ3v) is 6.01. The molecule has 4 amide bonds. The predicted octanol–water partition coefficient (Wildman–Crippen LogP) is 0.761. The van der Waals surface area contributed by atoms with Crippen molar-refractivity contribution in [3.05, 3.63) is 54.1 Å². The molecule has 1 aromatic heterocycles. The van der Waals surface area contributed by atoms with Crippen LogP contribution in [0, 0.1) is 5.82 Å². The number of hydrogen-bond donors (Lipinski definition) is 2. The van der Waals surface area contributed by atoms with Gasteiger partial charge in [-0.1, -0.05) is 0 Å². The zero-order valence-corrected chi connectivity index (χ0v) is 19.8. The first-order chi connectivity index (χ1) is 17.3. The second kappa shape index (κ2) is 11.0. The molecule has 1 atom stereocenters. The molecular formula is C24H27FN6O5. The number of carbonyl (C=O) groups is 4. The standard InChI is InChI=1S/C24H27FN6O5/c1-16(32)27-13-19-15-31(24(35)36-19)18-2-3-21(20(25)12-18)29-8-10-30(11-9-29)22(33)14-28-23(34)17-4-6-26-7-5-17/h2-7,12,19H,8-11,13-15H2,1H3,(H,27,32)(H,28,34)/t19-/m0/s1. The fraction of sp³-hybridized carbons (Fsp3) is 0.375. The molecule has 0 aliphatic carbocycles. The summed E-state index contributed by atoms with van der Waals surface area (Å²) in [6.45, 7) is 3.25. The molecule has 0 unspecified atom stereocenters. The van der Waals surface area contributed by atoms with Crippen LogP contribution in [0.2, 0.25) is 0 Å². The molecule has 0 spiro atoms. The lowest BCUT2D eigenvalue weighted by Crippen LogP contribution is -2.51. The molecule has 2 aromatic rings. The highest BCUT2D eigenvalue weighted by molar-refractivity contribution is 5.96. The second-order valence-corrected chi connectivity index (χ2v) is 8.48. The number of pyridine rings is 1. The zero-order chi connectivity index (χ0) is 25.7. The lowest BCUT2D eigenvalue weighted by molar-refractivity contribution is -0.130. The molecule has 0 saturated carbocycles. The summed E-state index contributed by atoms with van der Waals surface area (Å²) in [7, 11) is 0. The Morgan fingerprint density at radius 3 is 2.47 bits per heavy atom. The minimum absolute atomic E-state index is 0.126. The lowest BCUT2D eigenvalue weighted by atomic mass is 10.2. The Morgan fingerprint density at radius 1 is 1.08 bits per heavy atom. The molecule has 36 heavy (non-hydrogen) atoms. The van der Waals surface area contributed by atoms with Crippen LogP contribution in [-0.2, 0) is 14.3 Å². The molecule has 190 valence electrons. The number of piperazine rings is 1. The van der Waals surface area contributed by atoms with Crippen LogP contribution in [0.3, 0.4) is 0 Å². The van der Waals surface area contributed by atoms with Gasteiger partial charge in [-0.2, -0.15) is 0 Å². The van der Waals surface area contributed by atoms with Crippen molar-refractivity contribution < 1.29 is 28.3 Å². The van der Waals surface area contributed by atoms with Crippen molar-refractivity contribution in [2.75, 3.05) is 55.6 Å². The number of amides is 4. The number of nitrogens with one attached hydrogen (secondary N) is 2. The Kier molecular flexibility index (Phi) is 7.62. The largest absolute Gasteiger partial charge is 0.442 e. The fourth-order valence-corrected chi connectivity index (χ4v) is 4.09. The maximum Gasteiger partial charge on any atom is 0.414 e. The van der Waals surface area contributed by atoms with E-state index in [-0.39, 0.29) is 37.4 Å². The van der Waals surface area contributed by atoms with Gasteiger partial charge in [-0.15, -0.1) is 0 Å². The topological polar surface area (TPSA) is 124 Å². The third-order valence-electron chi connectivity index (χ3n) is 6.01. The van der Waals surface area contributed by atoms with Gasteiger partial charge in [0.2, 0.25) is 11.8 Å². The summed E-state index contributed by atoms with van der Waals surface area (Å²) in [5.74, 6) is -1.28. The van der Waals surface area contributed by atoms with Crippen molar-refractivity contribution in [1.29, 1.82) is 0 Å². The van der Waals surface area contributed by atoms with Gasteiger partial charge in [-0.25, -0.2) is 9.18 Å². The number of halogens is 1. The van der Waals surface area contributed by atoms with Crippen LogP contribution in [0.5, 0.6) is 0 Å². The van der Waals surface area contributed by atoms with Gasteiger partial charge >= 0.3 is 6.09 Å². The average molecular weight is 499 g/mol. The molecule has 0 radical (unpaired) electrons. The summed E-state index contributed by atoms with van der Waals surface area (Å²) in [6, 6.07) is 7.66. The summed E-state index contributed by atoms with van der Waals surface area (Å²) >= 11 is 0. The average Bonchev–Trinajstić information content (AvgIpc) is 3.26. The minimum Gasteiger partial charge on any atom is -0.442 e. The van der Waals surface area contributed by atoms with Crippen LogP contribution in [-0.4, -0.2) is 85.6 Å². The van der Waals surface area contributed by atoms with E-state index in [0.29, 0.717) is 43.1 Å². The maximum absolute atomic E-state index is 15.0. The van der Waals surface area contributed by atoms with E-state index in [4.69, 9.17) is 4.74 Å². The van der Waals surface area contributed by atoms with Crippen LogP contribution in [0.4, 0.5) is 20.6 Å².